The van der Waals surface area contributed by atoms with Gasteiger partial charge in [0.2, 0.25) is 6.79 Å². The first-order valence-electron chi connectivity index (χ1n) is 3.56. The third-order valence-electron chi connectivity index (χ3n) is 1.90. The van der Waals surface area contributed by atoms with E-state index in [-0.39, 0.29) is 6.79 Å². The zero-order chi connectivity index (χ0) is 7.97. The minimum Gasteiger partial charge on any atom is -0.464 e. The first kappa shape index (κ1) is 5.88. The number of nitrogens with zero attached hydrogens (tertiary/aromatic N) is 1. The fourth-order valence-corrected chi connectivity index (χ4v) is 1.34. The number of allylic oxidation sites excluding steroid dienone is 1. The zero-order valence-corrected chi connectivity index (χ0v) is 6.11. The van der Waals surface area contributed by atoms with Gasteiger partial charge in [-0.25, -0.2) is 0 Å². The predicted octanol–water partition coefficient (Wildman–Crippen LogP) is 1.37. The molecule has 0 saturated carbocycles. The second-order valence-corrected chi connectivity index (χ2v) is 2.58. The minimum atomic E-state index is 0.275. The summed E-state index contributed by atoms with van der Waals surface area (Å²) < 4.78 is 15.0. The van der Waals surface area contributed by atoms with Gasteiger partial charge in [-0.05, 0) is 0 Å². The largest absolute Gasteiger partial charge is 0.464 e. The van der Waals surface area contributed by atoms with Crippen molar-refractivity contribution in [2.24, 2.45) is 0 Å². The summed E-state index contributed by atoms with van der Waals surface area (Å²) in [5.41, 5.74) is 2.66. The van der Waals surface area contributed by atoms with Gasteiger partial charge < -0.3 is 14.0 Å². The summed E-state index contributed by atoms with van der Waals surface area (Å²) in [6.45, 7) is 0.275. The van der Waals surface area contributed by atoms with E-state index in [0.29, 0.717) is 0 Å². The molecule has 0 atom stereocenters. The van der Waals surface area contributed by atoms with E-state index < -0.39 is 0 Å². The van der Waals surface area contributed by atoms with Crippen molar-refractivity contribution in [2.45, 2.75) is 0 Å². The molecule has 1 aliphatic heterocycles. The van der Waals surface area contributed by atoms with Crippen LogP contribution in [0, 0.1) is 0 Å². The molecule has 2 heterocycles. The lowest BCUT2D eigenvalue weighted by atomic mass is 10.2. The number of ether oxygens (including phenoxy) is 2. The van der Waals surface area contributed by atoms with Gasteiger partial charge in [0, 0.05) is 6.08 Å². The molecule has 0 radical (unpaired) electrons. The smallest absolute Gasteiger partial charge is 0.230 e. The summed E-state index contributed by atoms with van der Waals surface area (Å²) in [6, 6.07) is 0. The van der Waals surface area contributed by atoms with Gasteiger partial charge in [-0.15, -0.1) is 0 Å². The lowest BCUT2D eigenvalue weighted by Crippen LogP contribution is -2.02. The average molecular weight is 163 g/mol. The average Bonchev–Trinajstić information content (AvgIpc) is 2.62. The van der Waals surface area contributed by atoms with E-state index in [1.54, 1.807) is 12.5 Å². The monoisotopic (exact) mass is 163 g/mol. The van der Waals surface area contributed by atoms with Crippen LogP contribution >= 0.6 is 0 Å². The Labute approximate surface area is 68.1 Å². The maximum Gasteiger partial charge on any atom is 0.230 e. The lowest BCUT2D eigenvalue weighted by Gasteiger charge is -2.13. The van der Waals surface area contributed by atoms with E-state index in [4.69, 9.17) is 14.0 Å². The van der Waals surface area contributed by atoms with E-state index in [1.807, 2.05) is 6.08 Å². The van der Waals surface area contributed by atoms with Crippen LogP contribution in [0.25, 0.3) is 11.6 Å². The molecule has 0 aromatic carbocycles. The highest BCUT2D eigenvalue weighted by molar-refractivity contribution is 5.91. The molecular formula is C8H5NO3. The van der Waals surface area contributed by atoms with E-state index in [2.05, 4.69) is 5.16 Å². The third kappa shape index (κ3) is 0.592. The maximum atomic E-state index is 5.23. The van der Waals surface area contributed by atoms with Gasteiger partial charge in [0.05, 0.1) is 17.4 Å². The van der Waals surface area contributed by atoms with Crippen LogP contribution in [0.5, 0.6) is 0 Å². The van der Waals surface area contributed by atoms with Crippen molar-refractivity contribution in [3.63, 3.8) is 0 Å². The Balaban J connectivity index is 2.23. The summed E-state index contributed by atoms with van der Waals surface area (Å²) in [6.07, 6.45) is 5.09. The first-order chi connectivity index (χ1) is 5.95. The summed E-state index contributed by atoms with van der Waals surface area (Å²) in [7, 11) is 0. The summed E-state index contributed by atoms with van der Waals surface area (Å²) in [5.74, 6) is 0.814. The normalized spacial score (nSPS) is 18.3. The van der Waals surface area contributed by atoms with Crippen molar-refractivity contribution >= 4 is 11.6 Å². The molecular weight excluding hydrogens is 158 g/mol. The molecule has 3 rings (SSSR count). The molecule has 0 spiro atoms. The molecule has 0 fully saturated rings. The van der Waals surface area contributed by atoms with E-state index >= 15 is 0 Å². The van der Waals surface area contributed by atoms with Crippen LogP contribution in [0.3, 0.4) is 0 Å². The van der Waals surface area contributed by atoms with Crippen LogP contribution in [-0.2, 0) is 9.47 Å². The van der Waals surface area contributed by atoms with Crippen LogP contribution in [0.2, 0.25) is 0 Å². The van der Waals surface area contributed by atoms with Gasteiger partial charge in [-0.2, -0.15) is 0 Å². The quantitative estimate of drug-likeness (QED) is 0.579. The molecule has 2 aliphatic rings. The number of aromatic nitrogens is 1. The van der Waals surface area contributed by atoms with Gasteiger partial charge >= 0.3 is 0 Å². The van der Waals surface area contributed by atoms with Crippen molar-refractivity contribution in [2.75, 3.05) is 6.79 Å². The van der Waals surface area contributed by atoms with Crippen LogP contribution in [0.4, 0.5) is 0 Å². The Hall–Kier alpha value is -1.71. The predicted molar refractivity (Wildman–Crippen MR) is 39.5 cm³/mol. The van der Waals surface area contributed by atoms with Crippen LogP contribution < -0.4 is 0 Å². The van der Waals surface area contributed by atoms with Gasteiger partial charge in [0.1, 0.15) is 17.7 Å². The van der Waals surface area contributed by atoms with Crippen LogP contribution in [-0.4, -0.2) is 11.9 Å². The molecule has 1 aromatic heterocycles. The highest BCUT2D eigenvalue weighted by Gasteiger charge is 2.26. The second-order valence-electron chi connectivity index (χ2n) is 2.58. The Kier molecular flexibility index (Phi) is 0.935. The molecule has 1 aliphatic carbocycles. The van der Waals surface area contributed by atoms with Crippen molar-refractivity contribution in [3.8, 4) is 0 Å². The van der Waals surface area contributed by atoms with Gasteiger partial charge in [0.15, 0.2) is 0 Å². The molecule has 1 aromatic rings. The molecule has 12 heavy (non-hydrogen) atoms. The highest BCUT2D eigenvalue weighted by Crippen LogP contribution is 2.36. The fraction of sp³-hybridized carbons (Fsp3) is 0.125. The molecule has 0 N–H and O–H groups in total. The van der Waals surface area contributed by atoms with Gasteiger partial charge in [-0.1, -0.05) is 5.16 Å². The van der Waals surface area contributed by atoms with Crippen LogP contribution in [0.1, 0.15) is 11.3 Å². The van der Waals surface area contributed by atoms with E-state index in [1.165, 1.54) is 0 Å². The maximum absolute atomic E-state index is 5.23. The molecule has 0 bridgehead atoms. The van der Waals surface area contributed by atoms with E-state index in [9.17, 15) is 0 Å². The number of hydrogen-bond acceptors (Lipinski definition) is 4. The third-order valence-corrected chi connectivity index (χ3v) is 1.90. The van der Waals surface area contributed by atoms with Crippen molar-refractivity contribution < 1.29 is 14.0 Å². The minimum absolute atomic E-state index is 0.275. The molecule has 4 nitrogen and oxygen atoms in total. The zero-order valence-electron chi connectivity index (χ0n) is 6.11. The lowest BCUT2D eigenvalue weighted by molar-refractivity contribution is 0.0255. The summed E-state index contributed by atoms with van der Waals surface area (Å²) in [4.78, 5) is 0. The molecule has 60 valence electrons. The molecule has 0 saturated heterocycles. The Morgan fingerprint density at radius 2 is 2.42 bits per heavy atom. The topological polar surface area (TPSA) is 44.5 Å². The highest BCUT2D eigenvalue weighted by atomic mass is 16.7. The van der Waals surface area contributed by atoms with Crippen molar-refractivity contribution in [1.29, 1.82) is 0 Å². The van der Waals surface area contributed by atoms with Gasteiger partial charge in [-0.3, -0.25) is 0 Å². The first-order valence-corrected chi connectivity index (χ1v) is 3.56. The van der Waals surface area contributed by atoms with Crippen molar-refractivity contribution in [1.82, 2.24) is 5.16 Å². The standard InChI is InChI=1S/C8H5NO3/c1-7-5(3-12-9-7)6-2-10-4-11-8(1)6/h1-3H,4H2. The van der Waals surface area contributed by atoms with E-state index in [0.717, 1.165) is 22.6 Å². The number of fused-ring (bicyclic) bond motifs is 3. The molecule has 0 amide bonds. The number of rotatable bonds is 0. The molecule has 0 unspecified atom stereocenters. The SMILES string of the molecule is C1=C2OCOC=C2c2conc21. The summed E-state index contributed by atoms with van der Waals surface area (Å²) >= 11 is 0. The molecule has 4 heteroatoms. The Morgan fingerprint density at radius 1 is 1.42 bits per heavy atom. The second kappa shape index (κ2) is 1.91. The van der Waals surface area contributed by atoms with Crippen molar-refractivity contribution in [3.05, 3.63) is 29.5 Å². The number of hydrogen-bond donors (Lipinski definition) is 0. The fourth-order valence-electron chi connectivity index (χ4n) is 1.34. The Morgan fingerprint density at radius 3 is 3.42 bits per heavy atom. The Bertz CT molecular complexity index is 389. The van der Waals surface area contributed by atoms with Gasteiger partial charge in [0.25, 0.3) is 0 Å². The summed E-state index contributed by atoms with van der Waals surface area (Å²) in [5, 5.41) is 3.79. The van der Waals surface area contributed by atoms with Crippen LogP contribution in [0.15, 0.2) is 22.8 Å².